The molecule has 0 saturated carbocycles. The Bertz CT molecular complexity index is 548. The molecule has 0 aliphatic carbocycles. The number of fused-ring (bicyclic) bond motifs is 2. The van der Waals surface area contributed by atoms with Crippen LogP contribution in [0.15, 0.2) is 10.5 Å². The highest BCUT2D eigenvalue weighted by Crippen LogP contribution is 2.38. The molecule has 0 spiro atoms. The van der Waals surface area contributed by atoms with Crippen molar-refractivity contribution in [1.29, 1.82) is 0 Å². The first-order valence-electron chi connectivity index (χ1n) is 7.60. The lowest BCUT2D eigenvalue weighted by Gasteiger charge is -2.25. The van der Waals surface area contributed by atoms with E-state index in [1.807, 2.05) is 19.9 Å². The predicted molar refractivity (Wildman–Crippen MR) is 76.8 cm³/mol. The molecular weight excluding hydrogens is 270 g/mol. The number of rotatable bonds is 4. The summed E-state index contributed by atoms with van der Waals surface area (Å²) in [5.74, 6) is 1.37. The smallest absolute Gasteiger partial charge is 0.225 e. The summed E-state index contributed by atoms with van der Waals surface area (Å²) in [6.07, 6.45) is 3.17. The monoisotopic (exact) mass is 293 g/mol. The van der Waals surface area contributed by atoms with Crippen LogP contribution in [-0.2, 0) is 15.1 Å². The largest absolute Gasteiger partial charge is 0.466 e. The number of furan rings is 1. The molecule has 1 amide bonds. The standard InChI is InChI=1S/C16H23NO4/c1-9-6-13(10(2)20-9)16(3,19)8-17-15(18)12-7-11-4-5-14(12)21-11/h6,11-12,14,19H,4-5,7-8H2,1-3H3,(H,17,18). The van der Waals surface area contributed by atoms with E-state index in [4.69, 9.17) is 9.15 Å². The zero-order valence-electron chi connectivity index (χ0n) is 12.8. The van der Waals surface area contributed by atoms with Gasteiger partial charge in [0.2, 0.25) is 5.91 Å². The number of nitrogens with one attached hydrogen (secondary N) is 1. The van der Waals surface area contributed by atoms with Gasteiger partial charge in [-0.1, -0.05) is 0 Å². The molecule has 0 radical (unpaired) electrons. The highest BCUT2D eigenvalue weighted by molar-refractivity contribution is 5.79. The summed E-state index contributed by atoms with van der Waals surface area (Å²) in [5.41, 5.74) is -0.403. The Labute approximate surface area is 124 Å². The Morgan fingerprint density at radius 3 is 2.76 bits per heavy atom. The van der Waals surface area contributed by atoms with Gasteiger partial charge in [0.25, 0.3) is 0 Å². The van der Waals surface area contributed by atoms with E-state index in [0.29, 0.717) is 5.76 Å². The van der Waals surface area contributed by atoms with E-state index in [0.717, 1.165) is 30.6 Å². The normalized spacial score (nSPS) is 30.4. The van der Waals surface area contributed by atoms with Gasteiger partial charge in [-0.3, -0.25) is 4.79 Å². The summed E-state index contributed by atoms with van der Waals surface area (Å²) >= 11 is 0. The molecule has 21 heavy (non-hydrogen) atoms. The Balaban J connectivity index is 1.61. The second kappa shape index (κ2) is 5.14. The topological polar surface area (TPSA) is 71.7 Å². The molecule has 1 aromatic rings. The number of carbonyl (C=O) groups excluding carboxylic acids is 1. The van der Waals surface area contributed by atoms with Crippen LogP contribution in [-0.4, -0.2) is 29.8 Å². The lowest BCUT2D eigenvalue weighted by Crippen LogP contribution is -2.43. The summed E-state index contributed by atoms with van der Waals surface area (Å²) in [7, 11) is 0. The third-order valence-corrected chi connectivity index (χ3v) is 4.67. The zero-order valence-corrected chi connectivity index (χ0v) is 12.8. The molecule has 5 heteroatoms. The first-order valence-corrected chi connectivity index (χ1v) is 7.60. The first-order chi connectivity index (χ1) is 9.87. The number of aryl methyl sites for hydroxylation is 2. The van der Waals surface area contributed by atoms with Crippen LogP contribution < -0.4 is 5.32 Å². The van der Waals surface area contributed by atoms with E-state index < -0.39 is 5.60 Å². The van der Waals surface area contributed by atoms with Crippen molar-refractivity contribution in [3.8, 4) is 0 Å². The van der Waals surface area contributed by atoms with Crippen LogP contribution in [0.2, 0.25) is 0 Å². The van der Waals surface area contributed by atoms with Crippen LogP contribution in [0.1, 0.15) is 43.3 Å². The van der Waals surface area contributed by atoms with Crippen LogP contribution in [0, 0.1) is 19.8 Å². The molecule has 2 bridgehead atoms. The fourth-order valence-electron chi connectivity index (χ4n) is 3.56. The van der Waals surface area contributed by atoms with Gasteiger partial charge in [0.05, 0.1) is 24.7 Å². The minimum absolute atomic E-state index is 0.0136. The van der Waals surface area contributed by atoms with Crippen molar-refractivity contribution in [2.45, 2.75) is 57.8 Å². The fraction of sp³-hybridized carbons (Fsp3) is 0.688. The maximum atomic E-state index is 12.3. The van der Waals surface area contributed by atoms with Crippen LogP contribution in [0.25, 0.3) is 0 Å². The van der Waals surface area contributed by atoms with Crippen molar-refractivity contribution >= 4 is 5.91 Å². The zero-order chi connectivity index (χ0) is 15.2. The molecule has 5 nitrogen and oxygen atoms in total. The quantitative estimate of drug-likeness (QED) is 0.888. The molecule has 2 aliphatic rings. The summed E-state index contributed by atoms with van der Waals surface area (Å²) in [5, 5.41) is 13.5. The third kappa shape index (κ3) is 2.72. The van der Waals surface area contributed by atoms with Gasteiger partial charge < -0.3 is 19.6 Å². The van der Waals surface area contributed by atoms with Gasteiger partial charge >= 0.3 is 0 Å². The molecule has 3 rings (SSSR count). The van der Waals surface area contributed by atoms with Gasteiger partial charge in [0.1, 0.15) is 17.1 Å². The molecule has 2 saturated heterocycles. The Hall–Kier alpha value is -1.33. The van der Waals surface area contributed by atoms with Gasteiger partial charge in [-0.2, -0.15) is 0 Å². The molecule has 1 aromatic heterocycles. The highest BCUT2D eigenvalue weighted by Gasteiger charge is 2.44. The van der Waals surface area contributed by atoms with E-state index in [2.05, 4.69) is 5.32 Å². The third-order valence-electron chi connectivity index (χ3n) is 4.67. The highest BCUT2D eigenvalue weighted by atomic mass is 16.5. The molecule has 2 fully saturated rings. The van der Waals surface area contributed by atoms with Gasteiger partial charge in [0, 0.05) is 5.56 Å². The summed E-state index contributed by atoms with van der Waals surface area (Å²) < 4.78 is 11.2. The molecule has 4 atom stereocenters. The molecule has 4 unspecified atom stereocenters. The number of ether oxygens (including phenoxy) is 1. The molecule has 2 N–H and O–H groups in total. The molecule has 2 aliphatic heterocycles. The van der Waals surface area contributed by atoms with Crippen molar-refractivity contribution in [3.63, 3.8) is 0 Å². The number of carbonyl (C=O) groups is 1. The van der Waals surface area contributed by atoms with Crippen LogP contribution in [0.5, 0.6) is 0 Å². The first kappa shape index (κ1) is 14.6. The van der Waals surface area contributed by atoms with Gasteiger partial charge in [0.15, 0.2) is 0 Å². The molecule has 0 aromatic carbocycles. The van der Waals surface area contributed by atoms with Crippen molar-refractivity contribution in [2.24, 2.45) is 5.92 Å². The number of hydrogen-bond acceptors (Lipinski definition) is 4. The Morgan fingerprint density at radius 2 is 2.24 bits per heavy atom. The maximum Gasteiger partial charge on any atom is 0.225 e. The van der Waals surface area contributed by atoms with Crippen molar-refractivity contribution in [3.05, 3.63) is 23.2 Å². The van der Waals surface area contributed by atoms with Gasteiger partial charge in [-0.25, -0.2) is 0 Å². The molecule has 3 heterocycles. The predicted octanol–water partition coefficient (Wildman–Crippen LogP) is 1.79. The van der Waals surface area contributed by atoms with Crippen molar-refractivity contribution in [2.75, 3.05) is 6.54 Å². The lowest BCUT2D eigenvalue weighted by molar-refractivity contribution is -0.127. The minimum Gasteiger partial charge on any atom is -0.466 e. The van der Waals surface area contributed by atoms with Crippen LogP contribution >= 0.6 is 0 Å². The molecule has 116 valence electrons. The fourth-order valence-corrected chi connectivity index (χ4v) is 3.56. The Kier molecular flexibility index (Phi) is 3.58. The average molecular weight is 293 g/mol. The lowest BCUT2D eigenvalue weighted by atomic mass is 9.88. The average Bonchev–Trinajstić information content (AvgIpc) is 3.11. The maximum absolute atomic E-state index is 12.3. The Morgan fingerprint density at radius 1 is 1.48 bits per heavy atom. The van der Waals surface area contributed by atoms with E-state index in [1.165, 1.54) is 0 Å². The van der Waals surface area contributed by atoms with Gasteiger partial charge in [-0.15, -0.1) is 0 Å². The SMILES string of the molecule is Cc1cc(C(C)(O)CNC(=O)C2CC3CCC2O3)c(C)o1. The molecular formula is C16H23NO4. The van der Waals surface area contributed by atoms with E-state index >= 15 is 0 Å². The van der Waals surface area contributed by atoms with E-state index in [1.54, 1.807) is 6.92 Å². The number of amides is 1. The minimum atomic E-state index is -1.13. The second-order valence-corrected chi connectivity index (χ2v) is 6.53. The second-order valence-electron chi connectivity index (χ2n) is 6.53. The number of hydrogen-bond donors (Lipinski definition) is 2. The summed E-state index contributed by atoms with van der Waals surface area (Å²) in [6, 6.07) is 1.82. The van der Waals surface area contributed by atoms with E-state index in [9.17, 15) is 9.90 Å². The van der Waals surface area contributed by atoms with Crippen molar-refractivity contribution in [1.82, 2.24) is 5.32 Å². The van der Waals surface area contributed by atoms with Crippen molar-refractivity contribution < 1.29 is 19.1 Å². The van der Waals surface area contributed by atoms with E-state index in [-0.39, 0.29) is 30.6 Å². The van der Waals surface area contributed by atoms with Gasteiger partial charge in [-0.05, 0) is 46.1 Å². The van der Waals surface area contributed by atoms with Crippen LogP contribution in [0.4, 0.5) is 0 Å². The summed E-state index contributed by atoms with van der Waals surface area (Å²) in [4.78, 5) is 12.3. The van der Waals surface area contributed by atoms with Crippen LogP contribution in [0.3, 0.4) is 0 Å². The summed E-state index contributed by atoms with van der Waals surface area (Å²) in [6.45, 7) is 5.54. The number of aliphatic hydroxyl groups is 1.